The zero-order valence-corrected chi connectivity index (χ0v) is 15.5. The van der Waals surface area contributed by atoms with Crippen molar-refractivity contribution in [3.05, 3.63) is 29.8 Å². The molecule has 1 saturated heterocycles. The summed E-state index contributed by atoms with van der Waals surface area (Å²) in [5.74, 6) is -0.728. The van der Waals surface area contributed by atoms with Gasteiger partial charge in [0.15, 0.2) is 0 Å². The third kappa shape index (κ3) is 6.67. The van der Waals surface area contributed by atoms with Crippen LogP contribution in [0.1, 0.15) is 38.7 Å². The number of hydrogen-bond acceptors (Lipinski definition) is 4. The predicted molar refractivity (Wildman–Crippen MR) is 99.3 cm³/mol. The molecule has 0 bridgehead atoms. The highest BCUT2D eigenvalue weighted by molar-refractivity contribution is 5.73. The van der Waals surface area contributed by atoms with Crippen LogP contribution in [-0.4, -0.2) is 50.6 Å². The second-order valence-corrected chi connectivity index (χ2v) is 7.27. The number of rotatable bonds is 10. The number of morpholine rings is 1. The van der Waals surface area contributed by atoms with Crippen LogP contribution in [0.2, 0.25) is 0 Å². The van der Waals surface area contributed by atoms with Gasteiger partial charge in [0.05, 0.1) is 25.2 Å². The van der Waals surface area contributed by atoms with E-state index in [4.69, 9.17) is 14.6 Å². The van der Waals surface area contributed by atoms with Crippen LogP contribution in [0.3, 0.4) is 0 Å². The predicted octanol–water partition coefficient (Wildman–Crippen LogP) is 3.36. The number of nitrogens with zero attached hydrogens (tertiary/aromatic N) is 1. The normalized spacial score (nSPS) is 15.4. The molecule has 1 aliphatic heterocycles. The van der Waals surface area contributed by atoms with Crippen molar-refractivity contribution in [2.75, 3.05) is 44.4 Å². The summed E-state index contributed by atoms with van der Waals surface area (Å²) in [6.45, 7) is 8.48. The van der Waals surface area contributed by atoms with Gasteiger partial charge in [0.2, 0.25) is 0 Å². The fraction of sp³-hybridized carbons (Fsp3) is 0.650. The molecule has 0 aliphatic carbocycles. The number of unbranched alkanes of at least 4 members (excludes halogenated alkanes) is 1. The number of aliphatic carboxylic acids is 1. The Morgan fingerprint density at radius 3 is 2.48 bits per heavy atom. The lowest BCUT2D eigenvalue weighted by Gasteiger charge is -2.28. The molecule has 2 rings (SSSR count). The summed E-state index contributed by atoms with van der Waals surface area (Å²) in [7, 11) is 0. The van der Waals surface area contributed by atoms with E-state index in [9.17, 15) is 4.79 Å². The summed E-state index contributed by atoms with van der Waals surface area (Å²) in [6.07, 6.45) is 3.39. The number of benzene rings is 1. The molecule has 5 heteroatoms. The maximum atomic E-state index is 11.0. The van der Waals surface area contributed by atoms with Gasteiger partial charge in [-0.25, -0.2) is 0 Å². The first-order valence-corrected chi connectivity index (χ1v) is 9.22. The molecule has 1 aromatic carbocycles. The van der Waals surface area contributed by atoms with Crippen molar-refractivity contribution in [3.63, 3.8) is 0 Å². The topological polar surface area (TPSA) is 59.0 Å². The fourth-order valence-electron chi connectivity index (χ4n) is 2.87. The largest absolute Gasteiger partial charge is 0.481 e. The standard InChI is InChI=1S/C20H31NO4/c1-20(2,19(22)23)10-3-4-13-24-14-9-17-5-7-18(8-6-17)21-11-15-25-16-12-21/h5-8H,3-4,9-16H2,1-2H3,(H,22,23). The van der Waals surface area contributed by atoms with Crippen molar-refractivity contribution >= 4 is 11.7 Å². The molecule has 0 amide bonds. The molecule has 0 aromatic heterocycles. The third-order valence-corrected chi connectivity index (χ3v) is 4.77. The summed E-state index contributed by atoms with van der Waals surface area (Å²) in [6, 6.07) is 8.69. The molecule has 1 heterocycles. The zero-order chi connectivity index (χ0) is 18.1. The first kappa shape index (κ1) is 19.7. The first-order valence-electron chi connectivity index (χ1n) is 9.22. The Hall–Kier alpha value is -1.59. The fourth-order valence-corrected chi connectivity index (χ4v) is 2.87. The molecular weight excluding hydrogens is 318 g/mol. The van der Waals surface area contributed by atoms with Gasteiger partial charge in [0, 0.05) is 25.4 Å². The zero-order valence-electron chi connectivity index (χ0n) is 15.5. The smallest absolute Gasteiger partial charge is 0.309 e. The maximum absolute atomic E-state index is 11.0. The van der Waals surface area contributed by atoms with Gasteiger partial charge in [-0.05, 0) is 50.8 Å². The summed E-state index contributed by atoms with van der Waals surface area (Å²) in [4.78, 5) is 13.4. The van der Waals surface area contributed by atoms with E-state index in [1.165, 1.54) is 11.3 Å². The van der Waals surface area contributed by atoms with Crippen molar-refractivity contribution in [1.29, 1.82) is 0 Å². The van der Waals surface area contributed by atoms with Crippen molar-refractivity contribution < 1.29 is 19.4 Å². The van der Waals surface area contributed by atoms with Crippen molar-refractivity contribution in [2.24, 2.45) is 5.41 Å². The Bertz CT molecular complexity index is 521. The Labute approximate surface area is 150 Å². The van der Waals surface area contributed by atoms with E-state index in [1.807, 2.05) is 0 Å². The SMILES string of the molecule is CC(C)(CCCCOCCc1ccc(N2CCOCC2)cc1)C(=O)O. The molecule has 0 unspecified atom stereocenters. The van der Waals surface area contributed by atoms with Crippen molar-refractivity contribution in [1.82, 2.24) is 0 Å². The third-order valence-electron chi connectivity index (χ3n) is 4.77. The molecule has 1 fully saturated rings. The number of carboxylic acids is 1. The maximum Gasteiger partial charge on any atom is 0.309 e. The second-order valence-electron chi connectivity index (χ2n) is 7.27. The van der Waals surface area contributed by atoms with Crippen LogP contribution in [0.4, 0.5) is 5.69 Å². The average Bonchev–Trinajstić information content (AvgIpc) is 2.62. The van der Waals surface area contributed by atoms with Crippen LogP contribution in [0.5, 0.6) is 0 Å². The second kappa shape index (κ2) is 9.78. The van der Waals surface area contributed by atoms with E-state index in [0.717, 1.165) is 45.6 Å². The van der Waals surface area contributed by atoms with Crippen LogP contribution in [0, 0.1) is 5.41 Å². The highest BCUT2D eigenvalue weighted by atomic mass is 16.5. The lowest BCUT2D eigenvalue weighted by molar-refractivity contribution is -0.147. The van der Waals surface area contributed by atoms with Gasteiger partial charge >= 0.3 is 5.97 Å². The molecule has 0 saturated carbocycles. The number of hydrogen-bond donors (Lipinski definition) is 1. The van der Waals surface area contributed by atoms with Gasteiger partial charge < -0.3 is 19.5 Å². The molecule has 1 N–H and O–H groups in total. The van der Waals surface area contributed by atoms with Crippen molar-refractivity contribution in [2.45, 2.75) is 39.5 Å². The van der Waals surface area contributed by atoms with E-state index in [0.29, 0.717) is 19.6 Å². The summed E-state index contributed by atoms with van der Waals surface area (Å²) in [5.41, 5.74) is 1.90. The van der Waals surface area contributed by atoms with Gasteiger partial charge in [-0.15, -0.1) is 0 Å². The number of anilines is 1. The van der Waals surface area contributed by atoms with Gasteiger partial charge in [0.25, 0.3) is 0 Å². The van der Waals surface area contributed by atoms with Gasteiger partial charge in [-0.2, -0.15) is 0 Å². The molecule has 1 aromatic rings. The number of carbonyl (C=O) groups is 1. The van der Waals surface area contributed by atoms with Crippen LogP contribution in [0.15, 0.2) is 24.3 Å². The Morgan fingerprint density at radius 1 is 1.16 bits per heavy atom. The molecule has 0 atom stereocenters. The van der Waals surface area contributed by atoms with Gasteiger partial charge in [-0.3, -0.25) is 4.79 Å². The van der Waals surface area contributed by atoms with E-state index >= 15 is 0 Å². The molecule has 25 heavy (non-hydrogen) atoms. The van der Waals surface area contributed by atoms with Crippen molar-refractivity contribution in [3.8, 4) is 0 Å². The molecule has 5 nitrogen and oxygen atoms in total. The van der Waals surface area contributed by atoms with Crippen LogP contribution < -0.4 is 4.90 Å². The molecule has 0 spiro atoms. The minimum Gasteiger partial charge on any atom is -0.481 e. The Kier molecular flexibility index (Phi) is 7.72. The van der Waals surface area contributed by atoms with E-state index in [2.05, 4.69) is 29.2 Å². The molecule has 1 aliphatic rings. The van der Waals surface area contributed by atoms with E-state index in [1.54, 1.807) is 13.8 Å². The van der Waals surface area contributed by atoms with Crippen LogP contribution in [-0.2, 0) is 20.7 Å². The van der Waals surface area contributed by atoms with Gasteiger partial charge in [0.1, 0.15) is 0 Å². The summed E-state index contributed by atoms with van der Waals surface area (Å²) >= 11 is 0. The highest BCUT2D eigenvalue weighted by Gasteiger charge is 2.25. The lowest BCUT2D eigenvalue weighted by atomic mass is 9.87. The Balaban J connectivity index is 1.58. The molecule has 140 valence electrons. The van der Waals surface area contributed by atoms with Crippen LogP contribution in [0.25, 0.3) is 0 Å². The minimum atomic E-state index is -0.728. The summed E-state index contributed by atoms with van der Waals surface area (Å²) in [5, 5.41) is 9.07. The number of ether oxygens (including phenoxy) is 2. The quantitative estimate of drug-likeness (QED) is 0.656. The molecular formula is C20H31NO4. The first-order chi connectivity index (χ1) is 12.0. The van der Waals surface area contributed by atoms with E-state index < -0.39 is 11.4 Å². The average molecular weight is 349 g/mol. The lowest BCUT2D eigenvalue weighted by Crippen LogP contribution is -2.36. The Morgan fingerprint density at radius 2 is 1.84 bits per heavy atom. The molecule has 0 radical (unpaired) electrons. The summed E-state index contributed by atoms with van der Waals surface area (Å²) < 4.78 is 11.1. The van der Waals surface area contributed by atoms with Crippen LogP contribution >= 0.6 is 0 Å². The minimum absolute atomic E-state index is 0.637. The van der Waals surface area contributed by atoms with Gasteiger partial charge in [-0.1, -0.05) is 18.6 Å². The monoisotopic (exact) mass is 349 g/mol. The number of carboxylic acid groups (broad SMARTS) is 1. The highest BCUT2D eigenvalue weighted by Crippen LogP contribution is 2.23. The van der Waals surface area contributed by atoms with E-state index in [-0.39, 0.29) is 0 Å².